The molecule has 1 heterocycles. The van der Waals surface area contributed by atoms with Crippen molar-refractivity contribution >= 4 is 7.28 Å². The Morgan fingerprint density at radius 3 is 3.06 bits per heavy atom. The summed E-state index contributed by atoms with van der Waals surface area (Å²) in [4.78, 5) is 0. The summed E-state index contributed by atoms with van der Waals surface area (Å²) in [5, 5.41) is 0. The summed E-state index contributed by atoms with van der Waals surface area (Å²) in [6.07, 6.45) is 11.1. The molecule has 17 heavy (non-hydrogen) atoms. The molecule has 1 aliphatic heterocycles. The molecule has 1 heteroatoms. The standard InChI is InChI=1S/C16H26B/c1-4-5-14-11(2)9-16(3)7-6-12(10-16)13-8-15(13)17-14/h10-11,13-15H,4-9H2,1-3H3. The Balaban J connectivity index is 1.81. The summed E-state index contributed by atoms with van der Waals surface area (Å²) in [6.45, 7) is 7.34. The van der Waals surface area contributed by atoms with Gasteiger partial charge in [0.25, 0.3) is 0 Å². The molecule has 1 fully saturated rings. The molecule has 0 nitrogen and oxygen atoms in total. The molecule has 3 aliphatic rings. The van der Waals surface area contributed by atoms with Crippen molar-refractivity contribution in [2.75, 3.05) is 0 Å². The van der Waals surface area contributed by atoms with E-state index in [1.54, 1.807) is 0 Å². The van der Waals surface area contributed by atoms with Crippen LogP contribution in [0.3, 0.4) is 0 Å². The van der Waals surface area contributed by atoms with Crippen molar-refractivity contribution in [2.24, 2.45) is 17.3 Å². The third kappa shape index (κ3) is 2.22. The van der Waals surface area contributed by atoms with Crippen LogP contribution in [0.2, 0.25) is 11.6 Å². The predicted molar refractivity (Wildman–Crippen MR) is 75.5 cm³/mol. The maximum absolute atomic E-state index is 2.74. The summed E-state index contributed by atoms with van der Waals surface area (Å²) >= 11 is 0. The van der Waals surface area contributed by atoms with Crippen LogP contribution in [-0.2, 0) is 0 Å². The number of rotatable bonds is 2. The zero-order chi connectivity index (χ0) is 12.0. The van der Waals surface area contributed by atoms with Gasteiger partial charge in [-0.05, 0) is 36.5 Å². The van der Waals surface area contributed by atoms with Crippen LogP contribution < -0.4 is 0 Å². The number of hydrogen-bond acceptors (Lipinski definition) is 0. The summed E-state index contributed by atoms with van der Waals surface area (Å²) in [5.74, 6) is 3.68. The van der Waals surface area contributed by atoms with E-state index in [-0.39, 0.29) is 0 Å². The number of hydrogen-bond donors (Lipinski definition) is 0. The van der Waals surface area contributed by atoms with Crippen molar-refractivity contribution in [1.82, 2.24) is 0 Å². The highest BCUT2D eigenvalue weighted by molar-refractivity contribution is 6.41. The smallest absolute Gasteiger partial charge is 0.0791 e. The van der Waals surface area contributed by atoms with Crippen LogP contribution in [0.5, 0.6) is 0 Å². The normalized spacial score (nSPS) is 48.3. The third-order valence-corrected chi connectivity index (χ3v) is 5.47. The minimum Gasteiger partial charge on any atom is -0.0791 e. The molecular weight excluding hydrogens is 203 g/mol. The van der Waals surface area contributed by atoms with Crippen molar-refractivity contribution in [2.45, 2.75) is 70.9 Å². The van der Waals surface area contributed by atoms with E-state index in [2.05, 4.69) is 34.1 Å². The average Bonchev–Trinajstić information content (AvgIpc) is 2.93. The van der Waals surface area contributed by atoms with E-state index in [9.17, 15) is 0 Å². The van der Waals surface area contributed by atoms with E-state index >= 15 is 0 Å². The van der Waals surface area contributed by atoms with Crippen molar-refractivity contribution in [1.29, 1.82) is 0 Å². The van der Waals surface area contributed by atoms with Crippen molar-refractivity contribution in [3.05, 3.63) is 11.6 Å². The Hall–Kier alpha value is -0.195. The van der Waals surface area contributed by atoms with Gasteiger partial charge in [-0.1, -0.05) is 63.3 Å². The van der Waals surface area contributed by atoms with E-state index in [1.165, 1.54) is 38.5 Å². The molecule has 93 valence electrons. The molecule has 2 bridgehead atoms. The molecule has 0 amide bonds. The van der Waals surface area contributed by atoms with E-state index in [4.69, 9.17) is 0 Å². The molecule has 0 saturated heterocycles. The van der Waals surface area contributed by atoms with Crippen molar-refractivity contribution in [3.8, 4) is 0 Å². The van der Waals surface area contributed by atoms with E-state index in [0.29, 0.717) is 5.41 Å². The summed E-state index contributed by atoms with van der Waals surface area (Å²) in [5.41, 5.74) is 2.35. The first kappa shape index (κ1) is 11.9. The molecule has 0 aromatic heterocycles. The molecule has 0 aromatic carbocycles. The molecule has 5 unspecified atom stereocenters. The van der Waals surface area contributed by atoms with Gasteiger partial charge in [0.1, 0.15) is 7.28 Å². The first-order valence-electron chi connectivity index (χ1n) is 7.68. The van der Waals surface area contributed by atoms with Crippen molar-refractivity contribution in [3.63, 3.8) is 0 Å². The van der Waals surface area contributed by atoms with Crippen LogP contribution in [0.15, 0.2) is 11.6 Å². The maximum Gasteiger partial charge on any atom is 0.118 e. The fraction of sp³-hybridized carbons (Fsp3) is 0.875. The van der Waals surface area contributed by atoms with Gasteiger partial charge in [0.15, 0.2) is 0 Å². The van der Waals surface area contributed by atoms with Crippen LogP contribution >= 0.6 is 0 Å². The molecule has 2 aliphatic carbocycles. The zero-order valence-corrected chi connectivity index (χ0v) is 11.7. The first-order chi connectivity index (χ1) is 8.11. The first-order valence-corrected chi connectivity index (χ1v) is 7.68. The summed E-state index contributed by atoms with van der Waals surface area (Å²) < 4.78 is 0. The highest BCUT2D eigenvalue weighted by atomic mass is 14.5. The molecule has 3 rings (SSSR count). The quantitative estimate of drug-likeness (QED) is 0.468. The molecule has 0 spiro atoms. The van der Waals surface area contributed by atoms with Gasteiger partial charge in [-0.3, -0.25) is 0 Å². The second-order valence-corrected chi connectivity index (χ2v) is 7.21. The molecule has 1 saturated carbocycles. The van der Waals surface area contributed by atoms with Gasteiger partial charge in [-0.15, -0.1) is 0 Å². The van der Waals surface area contributed by atoms with Gasteiger partial charge >= 0.3 is 0 Å². The van der Waals surface area contributed by atoms with Gasteiger partial charge < -0.3 is 0 Å². The van der Waals surface area contributed by atoms with Crippen LogP contribution in [0.25, 0.3) is 0 Å². The fourth-order valence-electron chi connectivity index (χ4n) is 4.44. The van der Waals surface area contributed by atoms with Crippen LogP contribution in [0.1, 0.15) is 59.3 Å². The van der Waals surface area contributed by atoms with E-state index in [1.807, 2.05) is 5.57 Å². The molecule has 0 aromatic rings. The maximum atomic E-state index is 2.74. The van der Waals surface area contributed by atoms with Gasteiger partial charge in [0, 0.05) is 0 Å². The summed E-state index contributed by atoms with van der Waals surface area (Å²) in [6, 6.07) is 0. The van der Waals surface area contributed by atoms with Crippen LogP contribution in [0, 0.1) is 17.3 Å². The topological polar surface area (TPSA) is 0 Å². The number of allylic oxidation sites excluding steroid dienone is 2. The minimum atomic E-state index is 0.534. The zero-order valence-electron chi connectivity index (χ0n) is 11.7. The lowest BCUT2D eigenvalue weighted by molar-refractivity contribution is 0.299. The second kappa shape index (κ2) is 4.18. The largest absolute Gasteiger partial charge is 0.118 e. The lowest BCUT2D eigenvalue weighted by atomic mass is 9.52. The van der Waals surface area contributed by atoms with Gasteiger partial charge in [-0.2, -0.15) is 0 Å². The molecular formula is C16H26B. The monoisotopic (exact) mass is 229 g/mol. The Morgan fingerprint density at radius 2 is 2.29 bits per heavy atom. The highest BCUT2D eigenvalue weighted by Crippen LogP contribution is 2.59. The van der Waals surface area contributed by atoms with Crippen molar-refractivity contribution < 1.29 is 0 Å². The van der Waals surface area contributed by atoms with Gasteiger partial charge in [0.05, 0.1) is 0 Å². The predicted octanol–water partition coefficient (Wildman–Crippen LogP) is 4.85. The van der Waals surface area contributed by atoms with E-state index < -0.39 is 0 Å². The Kier molecular flexibility index (Phi) is 2.92. The lowest BCUT2D eigenvalue weighted by Gasteiger charge is -2.31. The lowest BCUT2D eigenvalue weighted by Crippen LogP contribution is -2.21. The van der Waals surface area contributed by atoms with Gasteiger partial charge in [-0.25, -0.2) is 0 Å². The van der Waals surface area contributed by atoms with Crippen LogP contribution in [0.4, 0.5) is 0 Å². The molecule has 1 radical (unpaired) electrons. The average molecular weight is 229 g/mol. The fourth-order valence-corrected chi connectivity index (χ4v) is 4.44. The highest BCUT2D eigenvalue weighted by Gasteiger charge is 2.46. The second-order valence-electron chi connectivity index (χ2n) is 7.21. The molecule has 0 N–H and O–H groups in total. The van der Waals surface area contributed by atoms with Gasteiger partial charge in [0.2, 0.25) is 0 Å². The summed E-state index contributed by atoms with van der Waals surface area (Å²) in [7, 11) is 2.74. The SMILES string of the molecule is CCCC1[B]C2CC2C2=CC(C)(CC2)CC1C. The van der Waals surface area contributed by atoms with Crippen LogP contribution in [-0.4, -0.2) is 7.28 Å². The Labute approximate surface area is 107 Å². The Bertz CT molecular complexity index is 332. The van der Waals surface area contributed by atoms with E-state index in [0.717, 1.165) is 23.5 Å². The third-order valence-electron chi connectivity index (χ3n) is 5.47. The minimum absolute atomic E-state index is 0.534. The number of fused-ring (bicyclic) bond motifs is 3. The Morgan fingerprint density at radius 1 is 1.47 bits per heavy atom. The molecule has 5 atom stereocenters.